The van der Waals surface area contributed by atoms with Crippen LogP contribution in [0.15, 0.2) is 0 Å². The number of rotatable bonds is 3. The average Bonchev–Trinajstić information content (AvgIpc) is 2.08. The fourth-order valence-electron chi connectivity index (χ4n) is 0.504. The Morgan fingerprint density at radius 2 is 2.17 bits per heavy atom. The first-order chi connectivity index (χ1) is 5.75. The molecular formula is C4H8N6O2. The van der Waals surface area contributed by atoms with E-state index in [-0.39, 0.29) is 24.1 Å². The summed E-state index contributed by atoms with van der Waals surface area (Å²) in [7, 11) is 0. The summed E-state index contributed by atoms with van der Waals surface area (Å²) in [6, 6.07) is 0. The van der Waals surface area contributed by atoms with E-state index in [1.165, 1.54) is 0 Å². The molecule has 0 radical (unpaired) electrons. The molecule has 0 aliphatic rings. The summed E-state index contributed by atoms with van der Waals surface area (Å²) in [4.78, 5) is 4.65. The smallest absolute Gasteiger partial charge is 0.285 e. The second-order valence-corrected chi connectivity index (χ2v) is 1.80. The van der Waals surface area contributed by atoms with Gasteiger partial charge < -0.3 is 21.4 Å². The number of nitrogen functional groups attached to an aromatic ring is 2. The van der Waals surface area contributed by atoms with Crippen molar-refractivity contribution in [2.75, 3.05) is 18.2 Å². The Morgan fingerprint density at radius 1 is 1.42 bits per heavy atom. The Hall–Kier alpha value is -1.67. The van der Waals surface area contributed by atoms with Crippen LogP contribution < -0.4 is 21.8 Å². The molecule has 12 heavy (non-hydrogen) atoms. The quantitative estimate of drug-likeness (QED) is 0.300. The predicted octanol–water partition coefficient (Wildman–Crippen LogP) is -2.13. The minimum absolute atomic E-state index is 0.0171. The standard InChI is InChI=1S/C4H8N6O2/c5-2-3(6)8-10-9-4(2)12-7-1-11/h7,11H,1H2,(H2,5,10)(H2,6,8,9). The molecule has 0 saturated heterocycles. The van der Waals surface area contributed by atoms with E-state index in [9.17, 15) is 0 Å². The number of nitrogens with zero attached hydrogens (tertiary/aromatic N) is 3. The molecular weight excluding hydrogens is 164 g/mol. The molecule has 0 aliphatic heterocycles. The summed E-state index contributed by atoms with van der Waals surface area (Å²) in [5.41, 5.74) is 12.9. The highest BCUT2D eigenvalue weighted by molar-refractivity contribution is 5.62. The molecule has 66 valence electrons. The summed E-state index contributed by atoms with van der Waals surface area (Å²) >= 11 is 0. The number of nitrogens with one attached hydrogen (secondary N) is 1. The molecule has 0 bridgehead atoms. The van der Waals surface area contributed by atoms with E-state index in [0.29, 0.717) is 0 Å². The molecule has 0 unspecified atom stereocenters. The molecule has 0 aromatic carbocycles. The molecule has 8 heteroatoms. The van der Waals surface area contributed by atoms with Crippen LogP contribution in [0.5, 0.6) is 5.88 Å². The van der Waals surface area contributed by atoms with E-state index in [4.69, 9.17) is 16.6 Å². The third-order valence-electron chi connectivity index (χ3n) is 1.03. The molecule has 0 aliphatic carbocycles. The van der Waals surface area contributed by atoms with Crippen molar-refractivity contribution in [3.8, 4) is 5.88 Å². The molecule has 0 spiro atoms. The van der Waals surface area contributed by atoms with Crippen molar-refractivity contribution in [2.45, 2.75) is 0 Å². The second kappa shape index (κ2) is 3.64. The first kappa shape index (κ1) is 8.43. The van der Waals surface area contributed by atoms with Crippen molar-refractivity contribution in [1.82, 2.24) is 20.9 Å². The monoisotopic (exact) mass is 172 g/mol. The number of aliphatic hydroxyl groups excluding tert-OH is 1. The van der Waals surface area contributed by atoms with Crippen LogP contribution in [-0.2, 0) is 0 Å². The molecule has 0 saturated carbocycles. The van der Waals surface area contributed by atoms with Crippen molar-refractivity contribution >= 4 is 11.5 Å². The molecule has 8 nitrogen and oxygen atoms in total. The Morgan fingerprint density at radius 3 is 2.83 bits per heavy atom. The van der Waals surface area contributed by atoms with Gasteiger partial charge in [-0.15, -0.1) is 10.6 Å². The van der Waals surface area contributed by atoms with Crippen molar-refractivity contribution in [3.05, 3.63) is 0 Å². The number of hydroxylamine groups is 1. The number of aliphatic hydroxyl groups is 1. The highest BCUT2D eigenvalue weighted by Gasteiger charge is 2.06. The van der Waals surface area contributed by atoms with Crippen LogP contribution in [0.2, 0.25) is 0 Å². The van der Waals surface area contributed by atoms with E-state index in [1.54, 1.807) is 0 Å². The van der Waals surface area contributed by atoms with Crippen molar-refractivity contribution in [2.24, 2.45) is 0 Å². The van der Waals surface area contributed by atoms with Gasteiger partial charge in [-0.05, 0) is 5.21 Å². The van der Waals surface area contributed by atoms with Crippen LogP contribution in [0.25, 0.3) is 0 Å². The lowest BCUT2D eigenvalue weighted by molar-refractivity contribution is 0.0964. The minimum Gasteiger partial charge on any atom is -0.391 e. The van der Waals surface area contributed by atoms with Gasteiger partial charge in [-0.2, -0.15) is 0 Å². The van der Waals surface area contributed by atoms with Gasteiger partial charge in [0.15, 0.2) is 5.82 Å². The van der Waals surface area contributed by atoms with Gasteiger partial charge in [0.2, 0.25) is 0 Å². The van der Waals surface area contributed by atoms with E-state index in [0.717, 1.165) is 0 Å². The van der Waals surface area contributed by atoms with Crippen molar-refractivity contribution < 1.29 is 9.94 Å². The number of hydrogen-bond donors (Lipinski definition) is 4. The average molecular weight is 172 g/mol. The van der Waals surface area contributed by atoms with Crippen LogP contribution in [-0.4, -0.2) is 27.2 Å². The van der Waals surface area contributed by atoms with Crippen LogP contribution in [0.3, 0.4) is 0 Å². The van der Waals surface area contributed by atoms with E-state index < -0.39 is 0 Å². The molecule has 0 fully saturated rings. The van der Waals surface area contributed by atoms with Crippen molar-refractivity contribution in [3.63, 3.8) is 0 Å². The molecule has 1 heterocycles. The van der Waals surface area contributed by atoms with Crippen molar-refractivity contribution in [1.29, 1.82) is 0 Å². The Bertz CT molecular complexity index is 266. The van der Waals surface area contributed by atoms with E-state index >= 15 is 0 Å². The third kappa shape index (κ3) is 1.68. The SMILES string of the molecule is Nc1nnnc(ONCO)c1N. The number of anilines is 2. The van der Waals surface area contributed by atoms with Gasteiger partial charge in [-0.25, -0.2) is 0 Å². The summed E-state index contributed by atoms with van der Waals surface area (Å²) in [6.45, 7) is -0.372. The maximum absolute atomic E-state index is 8.32. The fraction of sp³-hybridized carbons (Fsp3) is 0.250. The Balaban J connectivity index is 2.78. The molecule has 0 atom stereocenters. The fourth-order valence-corrected chi connectivity index (χ4v) is 0.504. The minimum atomic E-state index is -0.372. The molecule has 1 aromatic heterocycles. The highest BCUT2D eigenvalue weighted by atomic mass is 16.7. The summed E-state index contributed by atoms with van der Waals surface area (Å²) in [5.74, 6) is 0.0105. The maximum Gasteiger partial charge on any atom is 0.285 e. The number of hydrogen-bond acceptors (Lipinski definition) is 8. The lowest BCUT2D eigenvalue weighted by Gasteiger charge is -2.04. The Kier molecular flexibility index (Phi) is 2.56. The number of nitrogens with two attached hydrogens (primary N) is 2. The summed E-state index contributed by atoms with van der Waals surface area (Å²) < 4.78 is 0. The van der Waals surface area contributed by atoms with Gasteiger partial charge in [-0.1, -0.05) is 5.10 Å². The van der Waals surface area contributed by atoms with Gasteiger partial charge >= 0.3 is 0 Å². The zero-order valence-electron chi connectivity index (χ0n) is 6.06. The summed E-state index contributed by atoms with van der Waals surface area (Å²) in [5, 5.41) is 18.3. The third-order valence-corrected chi connectivity index (χ3v) is 1.03. The number of aromatic nitrogens is 3. The second-order valence-electron chi connectivity index (χ2n) is 1.80. The van der Waals surface area contributed by atoms with Crippen LogP contribution in [0.4, 0.5) is 11.5 Å². The maximum atomic E-state index is 8.32. The zero-order valence-corrected chi connectivity index (χ0v) is 6.06. The predicted molar refractivity (Wildman–Crippen MR) is 39.5 cm³/mol. The first-order valence-corrected chi connectivity index (χ1v) is 3.00. The van der Waals surface area contributed by atoms with Gasteiger partial charge in [0.1, 0.15) is 12.4 Å². The normalized spacial score (nSPS) is 9.75. The largest absolute Gasteiger partial charge is 0.391 e. The van der Waals surface area contributed by atoms with Gasteiger partial charge in [-0.3, -0.25) is 0 Å². The molecule has 6 N–H and O–H groups in total. The molecule has 1 rings (SSSR count). The topological polar surface area (TPSA) is 132 Å². The Labute approximate surface area is 67.5 Å². The van der Waals surface area contributed by atoms with Gasteiger partial charge in [0.25, 0.3) is 5.88 Å². The van der Waals surface area contributed by atoms with Crippen LogP contribution in [0.1, 0.15) is 0 Å². The first-order valence-electron chi connectivity index (χ1n) is 3.00. The summed E-state index contributed by atoms with van der Waals surface area (Å²) in [6.07, 6.45) is 0. The van der Waals surface area contributed by atoms with Crippen LogP contribution >= 0.6 is 0 Å². The molecule has 1 aromatic rings. The van der Waals surface area contributed by atoms with E-state index in [2.05, 4.69) is 25.7 Å². The van der Waals surface area contributed by atoms with E-state index in [1.807, 2.05) is 0 Å². The zero-order chi connectivity index (χ0) is 8.97. The van der Waals surface area contributed by atoms with Gasteiger partial charge in [0, 0.05) is 0 Å². The van der Waals surface area contributed by atoms with Gasteiger partial charge in [0.05, 0.1) is 0 Å². The molecule has 0 amide bonds. The lowest BCUT2D eigenvalue weighted by atomic mass is 10.5. The lowest BCUT2D eigenvalue weighted by Crippen LogP contribution is -2.21. The van der Waals surface area contributed by atoms with Crippen LogP contribution in [0, 0.1) is 0 Å². The highest BCUT2D eigenvalue weighted by Crippen LogP contribution is 2.19.